The van der Waals surface area contributed by atoms with Crippen molar-refractivity contribution < 1.29 is 9.84 Å². The molecular formula is C14H16N2O2. The summed E-state index contributed by atoms with van der Waals surface area (Å²) in [7, 11) is 1.82. The summed E-state index contributed by atoms with van der Waals surface area (Å²) in [5.41, 5.74) is 1.63. The summed E-state index contributed by atoms with van der Waals surface area (Å²) in [6.07, 6.45) is 3.74. The zero-order valence-corrected chi connectivity index (χ0v) is 10.3. The molecule has 18 heavy (non-hydrogen) atoms. The highest BCUT2D eigenvalue weighted by atomic mass is 16.5. The van der Waals surface area contributed by atoms with Crippen molar-refractivity contribution in [2.45, 2.75) is 25.0 Å². The number of hydrogen-bond donors (Lipinski definition) is 1. The molecule has 94 valence electrons. The summed E-state index contributed by atoms with van der Waals surface area (Å²) in [4.78, 5) is 0. The molecule has 0 bridgehead atoms. The molecule has 3 rings (SSSR count). The van der Waals surface area contributed by atoms with Crippen molar-refractivity contribution in [3.8, 4) is 5.75 Å². The maximum Gasteiger partial charge on any atom is 0.121 e. The summed E-state index contributed by atoms with van der Waals surface area (Å²) in [5.74, 6) is 0.874. The lowest BCUT2D eigenvalue weighted by Gasteiger charge is -2.12. The van der Waals surface area contributed by atoms with E-state index < -0.39 is 6.10 Å². The van der Waals surface area contributed by atoms with Crippen molar-refractivity contribution >= 4 is 0 Å². The summed E-state index contributed by atoms with van der Waals surface area (Å²) < 4.78 is 7.36. The highest BCUT2D eigenvalue weighted by Crippen LogP contribution is 2.28. The van der Waals surface area contributed by atoms with Crippen molar-refractivity contribution in [3.05, 3.63) is 47.8 Å². The van der Waals surface area contributed by atoms with E-state index >= 15 is 0 Å². The van der Waals surface area contributed by atoms with Gasteiger partial charge in [0.25, 0.3) is 0 Å². The molecule has 1 saturated carbocycles. The number of aryl methyl sites for hydroxylation is 1. The Morgan fingerprint density at radius 2 is 2.00 bits per heavy atom. The maximum absolute atomic E-state index is 10.2. The molecular weight excluding hydrogens is 228 g/mol. The molecule has 1 unspecified atom stereocenters. The van der Waals surface area contributed by atoms with Gasteiger partial charge in [-0.1, -0.05) is 12.1 Å². The first kappa shape index (κ1) is 11.3. The van der Waals surface area contributed by atoms with Gasteiger partial charge in [-0.25, -0.2) is 0 Å². The van der Waals surface area contributed by atoms with E-state index in [2.05, 4.69) is 5.10 Å². The molecule has 1 aliphatic carbocycles. The molecule has 0 radical (unpaired) electrons. The monoisotopic (exact) mass is 244 g/mol. The van der Waals surface area contributed by atoms with Crippen LogP contribution in [0.15, 0.2) is 36.5 Å². The van der Waals surface area contributed by atoms with Crippen molar-refractivity contribution in [2.75, 3.05) is 0 Å². The third kappa shape index (κ3) is 2.24. The first-order valence-corrected chi connectivity index (χ1v) is 6.16. The summed E-state index contributed by atoms with van der Waals surface area (Å²) >= 11 is 0. The minimum atomic E-state index is -0.646. The van der Waals surface area contributed by atoms with Crippen LogP contribution in [0, 0.1) is 0 Å². The van der Waals surface area contributed by atoms with Crippen molar-refractivity contribution in [3.63, 3.8) is 0 Å². The predicted octanol–water partition coefficient (Wildman–Crippen LogP) is 2.04. The molecule has 1 fully saturated rings. The second-order valence-corrected chi connectivity index (χ2v) is 4.67. The quantitative estimate of drug-likeness (QED) is 0.895. The largest absolute Gasteiger partial charge is 0.490 e. The lowest BCUT2D eigenvalue weighted by molar-refractivity contribution is 0.209. The number of rotatable bonds is 4. The van der Waals surface area contributed by atoms with Crippen LogP contribution in [-0.2, 0) is 7.05 Å². The Morgan fingerprint density at radius 1 is 1.28 bits per heavy atom. The highest BCUT2D eigenvalue weighted by Gasteiger charge is 2.23. The molecule has 0 amide bonds. The number of ether oxygens (including phenoxy) is 1. The number of aliphatic hydroxyl groups is 1. The fourth-order valence-corrected chi connectivity index (χ4v) is 1.93. The van der Waals surface area contributed by atoms with Crippen molar-refractivity contribution in [1.29, 1.82) is 0 Å². The van der Waals surface area contributed by atoms with Crippen molar-refractivity contribution in [2.24, 2.45) is 7.05 Å². The zero-order chi connectivity index (χ0) is 12.5. The van der Waals surface area contributed by atoms with Gasteiger partial charge in [-0.15, -0.1) is 0 Å². The lowest BCUT2D eigenvalue weighted by Crippen LogP contribution is -2.06. The van der Waals surface area contributed by atoms with Gasteiger partial charge in [-0.05, 0) is 36.6 Å². The molecule has 1 aromatic heterocycles. The second-order valence-electron chi connectivity index (χ2n) is 4.67. The molecule has 0 saturated heterocycles. The van der Waals surface area contributed by atoms with E-state index in [4.69, 9.17) is 4.74 Å². The van der Waals surface area contributed by atoms with E-state index in [1.165, 1.54) is 0 Å². The van der Waals surface area contributed by atoms with Gasteiger partial charge in [0.05, 0.1) is 11.8 Å². The first-order chi connectivity index (χ1) is 8.74. The van der Waals surface area contributed by atoms with Crippen LogP contribution in [0.1, 0.15) is 30.2 Å². The molecule has 0 aliphatic heterocycles. The Morgan fingerprint density at radius 3 is 2.56 bits per heavy atom. The van der Waals surface area contributed by atoms with Gasteiger partial charge in [0.15, 0.2) is 0 Å². The van der Waals surface area contributed by atoms with Crippen LogP contribution >= 0.6 is 0 Å². The molecule has 4 nitrogen and oxygen atoms in total. The summed E-state index contributed by atoms with van der Waals surface area (Å²) in [5, 5.41) is 14.3. The van der Waals surface area contributed by atoms with Crippen LogP contribution in [0.25, 0.3) is 0 Å². The van der Waals surface area contributed by atoms with E-state index in [0.717, 1.165) is 29.8 Å². The normalized spacial score (nSPS) is 16.6. The van der Waals surface area contributed by atoms with E-state index in [-0.39, 0.29) is 0 Å². The Bertz CT molecular complexity index is 529. The predicted molar refractivity (Wildman–Crippen MR) is 67.4 cm³/mol. The molecule has 1 atom stereocenters. The number of hydrogen-bond acceptors (Lipinski definition) is 3. The number of nitrogens with zero attached hydrogens (tertiary/aromatic N) is 2. The standard InChI is InChI=1S/C14H16N2O2/c1-16-13(8-9-15-16)14(17)10-2-4-11(5-3-10)18-12-6-7-12/h2-5,8-9,12,14,17H,6-7H2,1H3. The highest BCUT2D eigenvalue weighted by molar-refractivity contribution is 5.32. The van der Waals surface area contributed by atoms with Crippen LogP contribution < -0.4 is 4.74 Å². The molecule has 1 aliphatic rings. The fraction of sp³-hybridized carbons (Fsp3) is 0.357. The van der Waals surface area contributed by atoms with Crippen molar-refractivity contribution in [1.82, 2.24) is 9.78 Å². The lowest BCUT2D eigenvalue weighted by atomic mass is 10.1. The van der Waals surface area contributed by atoms with Gasteiger partial charge in [0, 0.05) is 13.2 Å². The summed E-state index contributed by atoms with van der Waals surface area (Å²) in [6, 6.07) is 9.44. The first-order valence-electron chi connectivity index (χ1n) is 6.16. The fourth-order valence-electron chi connectivity index (χ4n) is 1.93. The Hall–Kier alpha value is -1.81. The molecule has 2 aromatic rings. The van der Waals surface area contributed by atoms with Gasteiger partial charge < -0.3 is 9.84 Å². The molecule has 4 heteroatoms. The molecule has 1 aromatic carbocycles. The Kier molecular flexibility index (Phi) is 2.80. The van der Waals surface area contributed by atoms with Gasteiger partial charge in [-0.2, -0.15) is 5.10 Å². The SMILES string of the molecule is Cn1nccc1C(O)c1ccc(OC2CC2)cc1. The minimum absolute atomic E-state index is 0.401. The smallest absolute Gasteiger partial charge is 0.121 e. The third-order valence-corrected chi connectivity index (χ3v) is 3.16. The number of benzene rings is 1. The van der Waals surface area contributed by atoms with Gasteiger partial charge >= 0.3 is 0 Å². The molecule has 1 N–H and O–H groups in total. The van der Waals surface area contributed by atoms with Gasteiger partial charge in [-0.3, -0.25) is 4.68 Å². The minimum Gasteiger partial charge on any atom is -0.490 e. The summed E-state index contributed by atoms with van der Waals surface area (Å²) in [6.45, 7) is 0. The van der Waals surface area contributed by atoms with Gasteiger partial charge in [0.2, 0.25) is 0 Å². The Labute approximate surface area is 106 Å². The van der Waals surface area contributed by atoms with E-state index in [9.17, 15) is 5.11 Å². The average molecular weight is 244 g/mol. The maximum atomic E-state index is 10.2. The van der Waals surface area contributed by atoms with Crippen LogP contribution in [0.4, 0.5) is 0 Å². The van der Waals surface area contributed by atoms with E-state index in [1.54, 1.807) is 10.9 Å². The molecule has 0 spiro atoms. The van der Waals surface area contributed by atoms with Crippen LogP contribution in [0.5, 0.6) is 5.75 Å². The van der Waals surface area contributed by atoms with E-state index in [0.29, 0.717) is 6.10 Å². The van der Waals surface area contributed by atoms with Crippen LogP contribution in [0.3, 0.4) is 0 Å². The third-order valence-electron chi connectivity index (χ3n) is 3.16. The molecule has 1 heterocycles. The average Bonchev–Trinajstić information content (AvgIpc) is 3.09. The zero-order valence-electron chi connectivity index (χ0n) is 10.3. The Balaban J connectivity index is 1.77. The second kappa shape index (κ2) is 4.46. The number of aromatic nitrogens is 2. The van der Waals surface area contributed by atoms with E-state index in [1.807, 2.05) is 37.4 Å². The van der Waals surface area contributed by atoms with Crippen LogP contribution in [-0.4, -0.2) is 21.0 Å². The number of aliphatic hydroxyl groups excluding tert-OH is 1. The topological polar surface area (TPSA) is 47.3 Å². The van der Waals surface area contributed by atoms with Gasteiger partial charge in [0.1, 0.15) is 11.9 Å². The van der Waals surface area contributed by atoms with Crippen LogP contribution in [0.2, 0.25) is 0 Å².